The second-order valence-corrected chi connectivity index (χ2v) is 5.89. The first-order valence-electron chi connectivity index (χ1n) is 7.94. The molecule has 1 atom stereocenters. The molecule has 0 spiro atoms. The molecule has 0 radical (unpaired) electrons. The van der Waals surface area contributed by atoms with E-state index in [2.05, 4.69) is 40.7 Å². The third kappa shape index (κ3) is 3.32. The zero-order valence-electron chi connectivity index (χ0n) is 13.1. The normalized spacial score (nSPS) is 18.5. The Morgan fingerprint density at radius 2 is 1.82 bits per heavy atom. The molecule has 2 heterocycles. The van der Waals surface area contributed by atoms with Crippen LogP contribution in [0.4, 0.5) is 5.69 Å². The van der Waals surface area contributed by atoms with Gasteiger partial charge < -0.3 is 14.4 Å². The Morgan fingerprint density at radius 3 is 2.50 bits per heavy atom. The molecule has 3 rings (SSSR count). The minimum absolute atomic E-state index is 0.256. The molecule has 1 aliphatic rings. The Hall–Kier alpha value is -2.23. The number of carbonyl (C=O) groups is 1. The van der Waals surface area contributed by atoms with Gasteiger partial charge in [0.2, 0.25) is 5.91 Å². The lowest BCUT2D eigenvalue weighted by Crippen LogP contribution is -2.54. The van der Waals surface area contributed by atoms with Gasteiger partial charge in [0.15, 0.2) is 0 Å². The van der Waals surface area contributed by atoms with Crippen LogP contribution >= 0.6 is 0 Å². The molecule has 1 aromatic carbocycles. The van der Waals surface area contributed by atoms with Crippen LogP contribution in [-0.2, 0) is 11.3 Å². The summed E-state index contributed by atoms with van der Waals surface area (Å²) in [6.07, 6.45) is 4.58. The van der Waals surface area contributed by atoms with Gasteiger partial charge in [0.25, 0.3) is 0 Å². The Bertz CT molecular complexity index is 594. The topological polar surface area (TPSA) is 28.5 Å². The van der Waals surface area contributed by atoms with Crippen molar-refractivity contribution in [1.29, 1.82) is 0 Å². The van der Waals surface area contributed by atoms with Gasteiger partial charge in [-0.1, -0.05) is 18.2 Å². The Balaban J connectivity index is 1.55. The van der Waals surface area contributed by atoms with Crippen LogP contribution < -0.4 is 4.90 Å². The molecule has 0 saturated carbocycles. The molecule has 1 unspecified atom stereocenters. The number of nitrogens with zero attached hydrogens (tertiary/aromatic N) is 3. The third-order valence-corrected chi connectivity index (χ3v) is 4.32. The van der Waals surface area contributed by atoms with Crippen LogP contribution in [0.3, 0.4) is 0 Å². The van der Waals surface area contributed by atoms with Crippen LogP contribution in [0.1, 0.15) is 13.3 Å². The molecule has 0 bridgehead atoms. The van der Waals surface area contributed by atoms with Crippen LogP contribution in [0.15, 0.2) is 54.9 Å². The van der Waals surface area contributed by atoms with Crippen molar-refractivity contribution in [3.8, 4) is 0 Å². The van der Waals surface area contributed by atoms with E-state index in [1.807, 2.05) is 35.5 Å². The number of hydrogen-bond acceptors (Lipinski definition) is 2. The van der Waals surface area contributed by atoms with Crippen LogP contribution in [0.25, 0.3) is 0 Å². The standard InChI is InChI=1S/C18H23N3O/c1-16-15-20(17-7-3-2-4-8-17)13-14-21(16)18(22)9-12-19-10-5-6-11-19/h2-8,10-11,16H,9,12-15H2,1H3. The second kappa shape index (κ2) is 6.69. The molecule has 1 aliphatic heterocycles. The first kappa shape index (κ1) is 14.7. The SMILES string of the molecule is CC1CN(c2ccccc2)CCN1C(=O)CCn1cccc1. The van der Waals surface area contributed by atoms with E-state index in [0.29, 0.717) is 6.42 Å². The molecule has 4 nitrogen and oxygen atoms in total. The summed E-state index contributed by atoms with van der Waals surface area (Å²) in [6, 6.07) is 14.7. The first-order chi connectivity index (χ1) is 10.7. The van der Waals surface area contributed by atoms with E-state index in [1.165, 1.54) is 5.69 Å². The number of rotatable bonds is 4. The molecular formula is C18H23N3O. The molecule has 1 aromatic heterocycles. The van der Waals surface area contributed by atoms with Crippen molar-refractivity contribution in [2.45, 2.75) is 25.9 Å². The van der Waals surface area contributed by atoms with E-state index >= 15 is 0 Å². The monoisotopic (exact) mass is 297 g/mol. The fourth-order valence-electron chi connectivity index (χ4n) is 3.09. The predicted molar refractivity (Wildman–Crippen MR) is 88.9 cm³/mol. The Labute approximate surface area is 132 Å². The number of aryl methyl sites for hydroxylation is 1. The van der Waals surface area contributed by atoms with Crippen molar-refractivity contribution in [3.63, 3.8) is 0 Å². The average molecular weight is 297 g/mol. The summed E-state index contributed by atoms with van der Waals surface area (Å²) in [5, 5.41) is 0. The maximum absolute atomic E-state index is 12.4. The van der Waals surface area contributed by atoms with E-state index in [1.54, 1.807) is 0 Å². The van der Waals surface area contributed by atoms with Crippen LogP contribution in [0.2, 0.25) is 0 Å². The van der Waals surface area contributed by atoms with Crippen LogP contribution in [0, 0.1) is 0 Å². The smallest absolute Gasteiger partial charge is 0.224 e. The Kier molecular flexibility index (Phi) is 4.47. The van der Waals surface area contributed by atoms with Gasteiger partial charge in [-0.05, 0) is 31.2 Å². The van der Waals surface area contributed by atoms with Gasteiger partial charge in [-0.3, -0.25) is 4.79 Å². The number of piperazine rings is 1. The van der Waals surface area contributed by atoms with Crippen molar-refractivity contribution >= 4 is 11.6 Å². The van der Waals surface area contributed by atoms with E-state index < -0.39 is 0 Å². The van der Waals surface area contributed by atoms with E-state index in [0.717, 1.165) is 26.2 Å². The van der Waals surface area contributed by atoms with Crippen molar-refractivity contribution in [3.05, 3.63) is 54.9 Å². The fourth-order valence-corrected chi connectivity index (χ4v) is 3.09. The highest BCUT2D eigenvalue weighted by Gasteiger charge is 2.27. The zero-order chi connectivity index (χ0) is 15.4. The average Bonchev–Trinajstić information content (AvgIpc) is 3.07. The molecule has 22 heavy (non-hydrogen) atoms. The quantitative estimate of drug-likeness (QED) is 0.868. The predicted octanol–water partition coefficient (Wildman–Crippen LogP) is 2.62. The summed E-state index contributed by atoms with van der Waals surface area (Å²) in [5.41, 5.74) is 1.24. The minimum atomic E-state index is 0.256. The van der Waals surface area contributed by atoms with E-state index in [4.69, 9.17) is 0 Å². The highest BCUT2D eigenvalue weighted by molar-refractivity contribution is 5.76. The summed E-state index contributed by atoms with van der Waals surface area (Å²) in [6.45, 7) is 5.52. The van der Waals surface area contributed by atoms with Crippen molar-refractivity contribution in [2.75, 3.05) is 24.5 Å². The van der Waals surface area contributed by atoms with Gasteiger partial charge in [-0.2, -0.15) is 0 Å². The van der Waals surface area contributed by atoms with Gasteiger partial charge in [-0.15, -0.1) is 0 Å². The number of para-hydroxylation sites is 1. The summed E-state index contributed by atoms with van der Waals surface area (Å²) in [5.74, 6) is 0.258. The number of anilines is 1. The molecule has 0 N–H and O–H groups in total. The number of hydrogen-bond donors (Lipinski definition) is 0. The molecule has 1 saturated heterocycles. The minimum Gasteiger partial charge on any atom is -0.368 e. The second-order valence-electron chi connectivity index (χ2n) is 5.89. The largest absolute Gasteiger partial charge is 0.368 e. The number of carbonyl (C=O) groups excluding carboxylic acids is 1. The van der Waals surface area contributed by atoms with E-state index in [-0.39, 0.29) is 11.9 Å². The van der Waals surface area contributed by atoms with Gasteiger partial charge >= 0.3 is 0 Å². The lowest BCUT2D eigenvalue weighted by molar-refractivity contribution is -0.133. The molecule has 0 aliphatic carbocycles. The lowest BCUT2D eigenvalue weighted by atomic mass is 10.1. The van der Waals surface area contributed by atoms with Gasteiger partial charge in [0, 0.05) is 56.7 Å². The summed E-state index contributed by atoms with van der Waals surface area (Å²) in [4.78, 5) is 16.8. The summed E-state index contributed by atoms with van der Waals surface area (Å²) >= 11 is 0. The molecule has 1 fully saturated rings. The molecule has 1 amide bonds. The van der Waals surface area contributed by atoms with E-state index in [9.17, 15) is 4.79 Å². The lowest BCUT2D eigenvalue weighted by Gasteiger charge is -2.41. The number of benzene rings is 1. The molecule has 2 aromatic rings. The zero-order valence-corrected chi connectivity index (χ0v) is 13.1. The van der Waals surface area contributed by atoms with Crippen molar-refractivity contribution in [2.24, 2.45) is 0 Å². The summed E-state index contributed by atoms with van der Waals surface area (Å²) < 4.78 is 2.06. The summed E-state index contributed by atoms with van der Waals surface area (Å²) in [7, 11) is 0. The number of amides is 1. The third-order valence-electron chi connectivity index (χ3n) is 4.32. The maximum atomic E-state index is 12.4. The Morgan fingerprint density at radius 1 is 1.09 bits per heavy atom. The maximum Gasteiger partial charge on any atom is 0.224 e. The number of aromatic nitrogens is 1. The van der Waals surface area contributed by atoms with Crippen molar-refractivity contribution < 1.29 is 4.79 Å². The van der Waals surface area contributed by atoms with Gasteiger partial charge in [-0.25, -0.2) is 0 Å². The fraction of sp³-hybridized carbons (Fsp3) is 0.389. The van der Waals surface area contributed by atoms with Crippen LogP contribution in [-0.4, -0.2) is 41.1 Å². The highest BCUT2D eigenvalue weighted by Crippen LogP contribution is 2.19. The molecule has 4 heteroatoms. The van der Waals surface area contributed by atoms with Crippen molar-refractivity contribution in [1.82, 2.24) is 9.47 Å². The highest BCUT2D eigenvalue weighted by atomic mass is 16.2. The molecule has 116 valence electrons. The van der Waals surface area contributed by atoms with Crippen LogP contribution in [0.5, 0.6) is 0 Å². The first-order valence-corrected chi connectivity index (χ1v) is 7.94. The van der Waals surface area contributed by atoms with Gasteiger partial charge in [0.05, 0.1) is 0 Å². The molecular weight excluding hydrogens is 274 g/mol. The van der Waals surface area contributed by atoms with Gasteiger partial charge in [0.1, 0.15) is 0 Å².